The average molecular weight is 363 g/mol. The van der Waals surface area contributed by atoms with Crippen LogP contribution in [0, 0.1) is 0 Å². The van der Waals surface area contributed by atoms with Crippen molar-refractivity contribution in [3.63, 3.8) is 0 Å². The summed E-state index contributed by atoms with van der Waals surface area (Å²) in [6, 6.07) is 7.08. The number of benzene rings is 1. The van der Waals surface area contributed by atoms with Gasteiger partial charge < -0.3 is 21.1 Å². The molecule has 2 saturated heterocycles. The lowest BCUT2D eigenvalue weighted by Crippen LogP contribution is -2.78. The molecule has 2 heterocycles. The van der Waals surface area contributed by atoms with E-state index >= 15 is 0 Å². The van der Waals surface area contributed by atoms with Gasteiger partial charge in [0.1, 0.15) is 23.0 Å². The van der Waals surface area contributed by atoms with Crippen molar-refractivity contribution in [1.82, 2.24) is 10.2 Å². The van der Waals surface area contributed by atoms with Gasteiger partial charge in [0.2, 0.25) is 5.91 Å². The first kappa shape index (κ1) is 17.8. The number of nitrogens with one attached hydrogen (secondary N) is 1. The fourth-order valence-electron chi connectivity index (χ4n) is 3.48. The Morgan fingerprint density at radius 1 is 1.28 bits per heavy atom. The molecule has 2 aliphatic heterocycles. The van der Waals surface area contributed by atoms with Gasteiger partial charge in [-0.3, -0.25) is 9.59 Å². The Bertz CT molecular complexity index is 739. The second-order valence-corrected chi connectivity index (χ2v) is 8.84. The van der Waals surface area contributed by atoms with Crippen LogP contribution in [-0.2, 0) is 14.4 Å². The van der Waals surface area contributed by atoms with E-state index in [-0.39, 0.29) is 0 Å². The van der Waals surface area contributed by atoms with E-state index in [0.29, 0.717) is 5.56 Å². The van der Waals surface area contributed by atoms with Crippen molar-refractivity contribution in [2.75, 3.05) is 0 Å². The number of carbonyl (C=O) groups excluding carboxylic acids is 2. The first-order valence-electron chi connectivity index (χ1n) is 7.95. The zero-order valence-electron chi connectivity index (χ0n) is 14.2. The fourth-order valence-corrected chi connectivity index (χ4v) is 5.13. The molecule has 4 N–H and O–H groups in total. The molecule has 0 bridgehead atoms. The third kappa shape index (κ3) is 2.60. The van der Waals surface area contributed by atoms with Gasteiger partial charge >= 0.3 is 5.97 Å². The molecule has 3 rings (SSSR count). The van der Waals surface area contributed by atoms with E-state index in [4.69, 9.17) is 5.73 Å². The molecule has 0 unspecified atom stereocenters. The molecule has 1 aromatic carbocycles. The fraction of sp³-hybridized carbons (Fsp3) is 0.471. The van der Waals surface area contributed by atoms with E-state index in [1.165, 1.54) is 16.7 Å². The van der Waals surface area contributed by atoms with Crippen LogP contribution in [0.4, 0.5) is 0 Å². The molecule has 2 aliphatic rings. The molecule has 4 atom stereocenters. The van der Waals surface area contributed by atoms with Crippen LogP contribution in [0.2, 0.25) is 0 Å². The second kappa shape index (κ2) is 5.74. The maximum absolute atomic E-state index is 12.7. The van der Waals surface area contributed by atoms with E-state index in [1.54, 1.807) is 45.0 Å². The number of hydrogen-bond donors (Lipinski definition) is 3. The van der Waals surface area contributed by atoms with Crippen LogP contribution in [0.1, 0.15) is 32.4 Å². The summed E-state index contributed by atoms with van der Waals surface area (Å²) < 4.78 is -0.643. The minimum absolute atomic E-state index is 0.392. The molecule has 0 aromatic heterocycles. The van der Waals surface area contributed by atoms with Gasteiger partial charge in [-0.25, -0.2) is 4.79 Å². The Hall–Kier alpha value is -2.06. The number of carbonyl (C=O) groups is 3. The maximum Gasteiger partial charge on any atom is 0.327 e. The molecule has 0 saturated carbocycles. The van der Waals surface area contributed by atoms with Gasteiger partial charge in [0.25, 0.3) is 5.91 Å². The number of aliphatic carboxylic acids is 1. The average Bonchev–Trinajstić information content (AvgIpc) is 2.84. The lowest BCUT2D eigenvalue weighted by molar-refractivity contribution is -0.168. The number of hydrogen-bond acceptors (Lipinski definition) is 5. The third-order valence-corrected chi connectivity index (χ3v) is 6.59. The van der Waals surface area contributed by atoms with Crippen molar-refractivity contribution < 1.29 is 19.5 Å². The predicted molar refractivity (Wildman–Crippen MR) is 93.6 cm³/mol. The van der Waals surface area contributed by atoms with Gasteiger partial charge in [0.05, 0.1) is 0 Å². The molecule has 0 aliphatic carbocycles. The smallest absolute Gasteiger partial charge is 0.327 e. The van der Waals surface area contributed by atoms with Gasteiger partial charge in [-0.1, -0.05) is 30.3 Å². The lowest BCUT2D eigenvalue weighted by Gasteiger charge is -2.51. The van der Waals surface area contributed by atoms with E-state index in [9.17, 15) is 19.5 Å². The number of nitrogens with two attached hydrogens (primary N) is 1. The highest BCUT2D eigenvalue weighted by molar-refractivity contribution is 8.01. The van der Waals surface area contributed by atoms with Crippen molar-refractivity contribution in [1.29, 1.82) is 0 Å². The van der Waals surface area contributed by atoms with Gasteiger partial charge in [-0.15, -0.1) is 11.8 Å². The second-order valence-electron chi connectivity index (χ2n) is 7.11. The van der Waals surface area contributed by atoms with Crippen LogP contribution in [0.25, 0.3) is 0 Å². The summed E-state index contributed by atoms with van der Waals surface area (Å²) in [5.74, 6) is -1.89. The largest absolute Gasteiger partial charge is 0.480 e. The Morgan fingerprint density at radius 2 is 1.88 bits per heavy atom. The zero-order valence-corrected chi connectivity index (χ0v) is 15.0. The number of carboxylic acids is 1. The highest BCUT2D eigenvalue weighted by atomic mass is 32.2. The molecule has 0 radical (unpaired) electrons. The first-order chi connectivity index (χ1) is 11.6. The Kier molecular flexibility index (Phi) is 4.08. The highest BCUT2D eigenvalue weighted by Crippen LogP contribution is 2.54. The summed E-state index contributed by atoms with van der Waals surface area (Å²) in [6.45, 7) is 5.21. The zero-order chi connectivity index (χ0) is 18.6. The molecule has 134 valence electrons. The minimum Gasteiger partial charge on any atom is -0.480 e. The Labute approximate surface area is 149 Å². The van der Waals surface area contributed by atoms with E-state index in [0.717, 1.165) is 0 Å². The maximum atomic E-state index is 12.7. The number of β-lactam (4-membered cyclic amide) rings is 1. The van der Waals surface area contributed by atoms with Crippen LogP contribution in [0.5, 0.6) is 0 Å². The monoisotopic (exact) mass is 363 g/mol. The van der Waals surface area contributed by atoms with Crippen molar-refractivity contribution in [2.24, 2.45) is 5.73 Å². The van der Waals surface area contributed by atoms with Crippen molar-refractivity contribution in [3.8, 4) is 0 Å². The number of rotatable bonds is 4. The Balaban J connectivity index is 1.79. The molecule has 7 nitrogen and oxygen atoms in total. The molecular formula is C17H21N3O4S. The van der Waals surface area contributed by atoms with Crippen LogP contribution >= 0.6 is 11.8 Å². The van der Waals surface area contributed by atoms with E-state index < -0.39 is 45.5 Å². The molecule has 2 fully saturated rings. The van der Waals surface area contributed by atoms with Crippen molar-refractivity contribution in [2.45, 2.75) is 48.5 Å². The summed E-state index contributed by atoms with van der Waals surface area (Å²) in [6.07, 6.45) is 0. The summed E-state index contributed by atoms with van der Waals surface area (Å²) in [4.78, 5) is 38.1. The molecule has 8 heteroatoms. The normalized spacial score (nSPS) is 31.0. The summed E-state index contributed by atoms with van der Waals surface area (Å²) in [5, 5.41) is 11.8. The highest BCUT2D eigenvalue weighted by Gasteiger charge is 2.70. The third-order valence-electron chi connectivity index (χ3n) is 4.84. The number of amides is 2. The van der Waals surface area contributed by atoms with Crippen LogP contribution in [-0.4, -0.2) is 49.5 Å². The number of carboxylic acid groups (broad SMARTS) is 1. The van der Waals surface area contributed by atoms with Gasteiger partial charge in [-0.05, 0) is 26.3 Å². The molecular weight excluding hydrogens is 342 g/mol. The Morgan fingerprint density at radius 3 is 2.44 bits per heavy atom. The summed E-state index contributed by atoms with van der Waals surface area (Å²) >= 11 is 1.38. The standard InChI is InChI=1S/C17H21N3O4S/c1-16(2)11(13(22)23)20-14(24)17(3,15(20)25-16)19-12(21)10(18)9-7-5-4-6-8-9/h4-8,10-11,15H,18H2,1-3H3,(H,19,21)(H,22,23)/t10-,11+,15-,17-/m1/s1. The van der Waals surface area contributed by atoms with Gasteiger partial charge in [0.15, 0.2) is 0 Å². The van der Waals surface area contributed by atoms with Crippen LogP contribution in [0.15, 0.2) is 30.3 Å². The van der Waals surface area contributed by atoms with Crippen molar-refractivity contribution >= 4 is 29.5 Å². The lowest BCUT2D eigenvalue weighted by atomic mass is 9.85. The van der Waals surface area contributed by atoms with Gasteiger partial charge in [-0.2, -0.15) is 0 Å². The first-order valence-corrected chi connectivity index (χ1v) is 8.83. The number of fused-ring (bicyclic) bond motifs is 1. The molecule has 2 amide bonds. The van der Waals surface area contributed by atoms with E-state index in [2.05, 4.69) is 5.32 Å². The van der Waals surface area contributed by atoms with Crippen LogP contribution in [0.3, 0.4) is 0 Å². The van der Waals surface area contributed by atoms with Gasteiger partial charge in [0, 0.05) is 4.75 Å². The molecule has 0 spiro atoms. The van der Waals surface area contributed by atoms with E-state index in [1.807, 2.05) is 6.07 Å². The quantitative estimate of drug-likeness (QED) is 0.679. The molecule has 25 heavy (non-hydrogen) atoms. The van der Waals surface area contributed by atoms with Crippen molar-refractivity contribution in [3.05, 3.63) is 35.9 Å². The minimum atomic E-state index is -1.16. The number of nitrogens with zero attached hydrogens (tertiary/aromatic N) is 1. The predicted octanol–water partition coefficient (Wildman–Crippen LogP) is 0.708. The molecule has 1 aromatic rings. The summed E-state index contributed by atoms with van der Waals surface area (Å²) in [5.41, 5.74) is 5.49. The summed E-state index contributed by atoms with van der Waals surface area (Å²) in [7, 11) is 0. The van der Waals surface area contributed by atoms with Crippen LogP contribution < -0.4 is 11.1 Å². The SMILES string of the molecule is CC1(C)S[C@H]2N(C(=O)[C@@]2(C)NC(=O)[C@H](N)c2ccccc2)[C@H]1C(=O)O. The number of thioether (sulfide) groups is 1. The topological polar surface area (TPSA) is 113 Å².